The van der Waals surface area contributed by atoms with E-state index >= 15 is 0 Å². The topological polar surface area (TPSA) is 237 Å². The van der Waals surface area contributed by atoms with Crippen molar-refractivity contribution in [2.75, 3.05) is 39.6 Å². The zero-order chi connectivity index (χ0) is 67.3. The van der Waals surface area contributed by atoms with Crippen molar-refractivity contribution in [3.63, 3.8) is 0 Å². The molecule has 0 fully saturated rings. The molecule has 0 aliphatic carbocycles. The molecule has 0 rings (SSSR count). The zero-order valence-electron chi connectivity index (χ0n) is 59.3. The number of aliphatic hydroxyl groups excluding tert-OH is 1. The molecule has 3 N–H and O–H groups in total. The van der Waals surface area contributed by atoms with Crippen LogP contribution in [-0.2, 0) is 65.4 Å². The molecule has 0 aromatic heterocycles. The average Bonchev–Trinajstić information content (AvgIpc) is 3.27. The number of phosphoric ester groups is 2. The highest BCUT2D eigenvalue weighted by atomic mass is 31.2. The highest BCUT2D eigenvalue weighted by molar-refractivity contribution is 7.47. The van der Waals surface area contributed by atoms with Gasteiger partial charge in [-0.3, -0.25) is 37.3 Å². The number of unbranched alkanes of at least 4 members (excludes halogenated alkanes) is 36. The van der Waals surface area contributed by atoms with Crippen molar-refractivity contribution in [3.05, 3.63) is 0 Å². The van der Waals surface area contributed by atoms with E-state index in [1.165, 1.54) is 173 Å². The molecule has 540 valence electrons. The molecule has 7 atom stereocenters. The number of phosphoric acid groups is 2. The van der Waals surface area contributed by atoms with Gasteiger partial charge in [-0.15, -0.1) is 0 Å². The molecular weight excluding hydrogens is 1200 g/mol. The van der Waals surface area contributed by atoms with Gasteiger partial charge in [-0.1, -0.05) is 312 Å². The summed E-state index contributed by atoms with van der Waals surface area (Å²) in [7, 11) is -9.90. The Kier molecular flexibility index (Phi) is 61.5. The normalized spacial score (nSPS) is 14.8. The highest BCUT2D eigenvalue weighted by Crippen LogP contribution is 2.45. The van der Waals surface area contributed by atoms with Gasteiger partial charge >= 0.3 is 39.5 Å². The molecule has 0 spiro atoms. The number of esters is 4. The molecule has 0 bridgehead atoms. The molecule has 0 radical (unpaired) electrons. The first-order valence-electron chi connectivity index (χ1n) is 37.4. The summed E-state index contributed by atoms with van der Waals surface area (Å²) in [5, 5.41) is 10.6. The molecule has 0 saturated heterocycles. The van der Waals surface area contributed by atoms with Gasteiger partial charge in [0.15, 0.2) is 12.2 Å². The number of carbonyl (C=O) groups is 4. The van der Waals surface area contributed by atoms with Crippen LogP contribution in [-0.4, -0.2) is 96.7 Å². The molecule has 0 heterocycles. The van der Waals surface area contributed by atoms with Crippen LogP contribution in [0.4, 0.5) is 0 Å². The Balaban J connectivity index is 5.26. The fraction of sp³-hybridized carbons (Fsp3) is 0.944. The maximum absolute atomic E-state index is 13.0. The fourth-order valence-corrected chi connectivity index (χ4v) is 12.4. The first kappa shape index (κ1) is 89.1. The summed E-state index contributed by atoms with van der Waals surface area (Å²) in [6.45, 7) is 11.9. The van der Waals surface area contributed by atoms with Crippen molar-refractivity contribution in [1.82, 2.24) is 0 Å². The van der Waals surface area contributed by atoms with Gasteiger partial charge in [0.05, 0.1) is 26.4 Å². The van der Waals surface area contributed by atoms with Crippen LogP contribution in [0.25, 0.3) is 0 Å². The van der Waals surface area contributed by atoms with Crippen molar-refractivity contribution < 1.29 is 80.2 Å². The van der Waals surface area contributed by atoms with Crippen LogP contribution in [0.1, 0.15) is 363 Å². The number of hydrogen-bond donors (Lipinski definition) is 3. The van der Waals surface area contributed by atoms with E-state index < -0.39 is 97.5 Å². The quantitative estimate of drug-likeness (QED) is 0.0222. The summed E-state index contributed by atoms with van der Waals surface area (Å²) in [4.78, 5) is 72.6. The lowest BCUT2D eigenvalue weighted by Crippen LogP contribution is -2.30. The predicted molar refractivity (Wildman–Crippen MR) is 368 cm³/mol. The van der Waals surface area contributed by atoms with Crippen LogP contribution >= 0.6 is 15.6 Å². The van der Waals surface area contributed by atoms with Gasteiger partial charge in [-0.2, -0.15) is 0 Å². The van der Waals surface area contributed by atoms with E-state index in [4.69, 9.17) is 37.0 Å². The van der Waals surface area contributed by atoms with Crippen molar-refractivity contribution in [3.8, 4) is 0 Å². The Morgan fingerprint density at radius 3 is 0.835 bits per heavy atom. The fourth-order valence-electron chi connectivity index (χ4n) is 10.8. The lowest BCUT2D eigenvalue weighted by Gasteiger charge is -2.21. The first-order chi connectivity index (χ1) is 43.8. The van der Waals surface area contributed by atoms with Gasteiger partial charge in [-0.05, 0) is 43.4 Å². The molecule has 0 aromatic carbocycles. The van der Waals surface area contributed by atoms with Crippen LogP contribution in [0, 0.1) is 17.8 Å². The molecule has 17 nitrogen and oxygen atoms in total. The molecule has 0 aromatic rings. The van der Waals surface area contributed by atoms with E-state index in [0.29, 0.717) is 25.7 Å². The highest BCUT2D eigenvalue weighted by Gasteiger charge is 2.30. The smallest absolute Gasteiger partial charge is 0.462 e. The lowest BCUT2D eigenvalue weighted by atomic mass is 9.99. The largest absolute Gasteiger partial charge is 0.472 e. The third-order valence-corrected chi connectivity index (χ3v) is 19.3. The van der Waals surface area contributed by atoms with E-state index in [1.54, 1.807) is 0 Å². The van der Waals surface area contributed by atoms with Crippen molar-refractivity contribution in [2.24, 2.45) is 17.8 Å². The Labute approximate surface area is 556 Å². The van der Waals surface area contributed by atoms with Crippen LogP contribution in [0.2, 0.25) is 0 Å². The van der Waals surface area contributed by atoms with Crippen LogP contribution in [0.15, 0.2) is 0 Å². The number of ether oxygens (including phenoxy) is 4. The number of aliphatic hydroxyl groups is 1. The third-order valence-electron chi connectivity index (χ3n) is 17.4. The standard InChI is InChI=1S/C72H140O17P2/c1-8-11-12-13-14-22-32-39-46-53-69(74)82-59-67(89-72(77)56-49-42-35-28-21-19-25-31-38-45-52-65(7)10-3)61-86-90(78,79)84-57-66(73)58-85-91(80,81)87-62-68(88-71(76)55-48-41-34-27-17-15-16-23-29-36-43-50-63(4)5)60-83-70(75)54-47-40-33-26-20-18-24-30-37-44-51-64(6)9-2/h63-68,73H,8-62H2,1-7H3,(H,78,79)(H,80,81)/t64?,65?,66-,67+,68+/m0/s1. The molecule has 4 unspecified atom stereocenters. The van der Waals surface area contributed by atoms with Gasteiger partial charge in [0.1, 0.15) is 19.3 Å². The maximum Gasteiger partial charge on any atom is 0.472 e. The van der Waals surface area contributed by atoms with Crippen LogP contribution < -0.4 is 0 Å². The predicted octanol–water partition coefficient (Wildman–Crippen LogP) is 20.6. The van der Waals surface area contributed by atoms with Crippen molar-refractivity contribution in [1.29, 1.82) is 0 Å². The minimum atomic E-state index is -4.95. The minimum absolute atomic E-state index is 0.106. The van der Waals surface area contributed by atoms with Gasteiger partial charge in [-0.25, -0.2) is 9.13 Å². The first-order valence-corrected chi connectivity index (χ1v) is 40.4. The number of hydrogen-bond acceptors (Lipinski definition) is 15. The third kappa shape index (κ3) is 63.9. The Bertz CT molecular complexity index is 1790. The zero-order valence-corrected chi connectivity index (χ0v) is 61.1. The lowest BCUT2D eigenvalue weighted by molar-refractivity contribution is -0.161. The molecular formula is C72H140O17P2. The van der Waals surface area contributed by atoms with Gasteiger partial charge in [0.2, 0.25) is 0 Å². The van der Waals surface area contributed by atoms with Crippen LogP contribution in [0.3, 0.4) is 0 Å². The molecule has 0 aliphatic heterocycles. The van der Waals surface area contributed by atoms with Gasteiger partial charge < -0.3 is 33.8 Å². The Morgan fingerprint density at radius 2 is 0.560 bits per heavy atom. The van der Waals surface area contributed by atoms with E-state index in [-0.39, 0.29) is 25.7 Å². The maximum atomic E-state index is 13.0. The Morgan fingerprint density at radius 1 is 0.319 bits per heavy atom. The van der Waals surface area contributed by atoms with E-state index in [0.717, 1.165) is 108 Å². The second-order valence-corrected chi connectivity index (χ2v) is 29.8. The summed E-state index contributed by atoms with van der Waals surface area (Å²) in [5.41, 5.74) is 0. The number of carbonyl (C=O) groups excluding carboxylic acids is 4. The number of rotatable bonds is 70. The van der Waals surface area contributed by atoms with Crippen molar-refractivity contribution >= 4 is 39.5 Å². The summed E-state index contributed by atoms with van der Waals surface area (Å²) in [6, 6.07) is 0. The summed E-state index contributed by atoms with van der Waals surface area (Å²) in [5.74, 6) is 0.254. The van der Waals surface area contributed by atoms with E-state index in [9.17, 15) is 43.2 Å². The minimum Gasteiger partial charge on any atom is -0.462 e. The van der Waals surface area contributed by atoms with Crippen LogP contribution in [0.5, 0.6) is 0 Å². The SMILES string of the molecule is CCCCCCCCCCCC(=O)OC[C@H](COP(=O)(O)OC[C@H](O)COP(=O)(O)OC[C@@H](COC(=O)CCCCCCCCCCCCC(C)CC)OC(=O)CCCCCCCCCCCCCC(C)C)OC(=O)CCCCCCCCCCCCC(C)CC. The average molecular weight is 1340 g/mol. The second-order valence-electron chi connectivity index (χ2n) is 26.9. The van der Waals surface area contributed by atoms with Gasteiger partial charge in [0.25, 0.3) is 0 Å². The molecule has 0 amide bonds. The molecule has 91 heavy (non-hydrogen) atoms. The monoisotopic (exact) mass is 1340 g/mol. The summed E-state index contributed by atoms with van der Waals surface area (Å²) in [6.07, 6.45) is 46.9. The summed E-state index contributed by atoms with van der Waals surface area (Å²) >= 11 is 0. The van der Waals surface area contributed by atoms with Gasteiger partial charge in [0, 0.05) is 25.7 Å². The molecule has 0 saturated carbocycles. The molecule has 0 aliphatic rings. The van der Waals surface area contributed by atoms with Crippen molar-refractivity contribution in [2.45, 2.75) is 381 Å². The van der Waals surface area contributed by atoms with E-state index in [1.807, 2.05) is 0 Å². The molecule has 19 heteroatoms. The summed E-state index contributed by atoms with van der Waals surface area (Å²) < 4.78 is 68.4. The second kappa shape index (κ2) is 62.8. The Hall–Kier alpha value is -1.94. The van der Waals surface area contributed by atoms with E-state index in [2.05, 4.69) is 48.5 Å².